The third-order valence-electron chi connectivity index (χ3n) is 2.64. The molecule has 86 valence electrons. The van der Waals surface area contributed by atoms with E-state index in [4.69, 9.17) is 10.2 Å². The second-order valence-corrected chi connectivity index (χ2v) is 3.61. The molecule has 0 fully saturated rings. The van der Waals surface area contributed by atoms with Crippen molar-refractivity contribution >= 4 is 11.8 Å². The molecule has 1 aliphatic rings. The third-order valence-corrected chi connectivity index (χ3v) is 2.64. The molecule has 1 aliphatic heterocycles. The van der Waals surface area contributed by atoms with Gasteiger partial charge in [-0.25, -0.2) is 4.79 Å². The van der Waals surface area contributed by atoms with E-state index in [-0.39, 0.29) is 17.7 Å². The Balaban J connectivity index is 2.48. The van der Waals surface area contributed by atoms with Gasteiger partial charge in [0, 0.05) is 25.7 Å². The number of aliphatic hydroxyl groups is 1. The second-order valence-electron chi connectivity index (χ2n) is 3.61. The van der Waals surface area contributed by atoms with E-state index in [1.54, 1.807) is 4.90 Å². The van der Waals surface area contributed by atoms with Gasteiger partial charge in [-0.1, -0.05) is 0 Å². The Kier molecular flexibility index (Phi) is 2.66. The predicted molar refractivity (Wildman–Crippen MR) is 57.0 cm³/mol. The summed E-state index contributed by atoms with van der Waals surface area (Å²) in [5, 5.41) is 17.7. The first kappa shape index (κ1) is 10.7. The zero-order valence-corrected chi connectivity index (χ0v) is 8.59. The van der Waals surface area contributed by atoms with Gasteiger partial charge in [0.15, 0.2) is 0 Å². The first-order valence-electron chi connectivity index (χ1n) is 4.97. The van der Waals surface area contributed by atoms with Crippen LogP contribution in [-0.2, 0) is 6.54 Å². The van der Waals surface area contributed by atoms with Gasteiger partial charge in [0.1, 0.15) is 5.82 Å². The van der Waals surface area contributed by atoms with E-state index in [2.05, 4.69) is 0 Å². The molecule has 2 rings (SSSR count). The zero-order chi connectivity index (χ0) is 11.7. The fraction of sp³-hybridized carbons (Fsp3) is 0.400. The highest BCUT2D eigenvalue weighted by Crippen LogP contribution is 2.19. The van der Waals surface area contributed by atoms with Gasteiger partial charge in [-0.05, 0) is 6.07 Å². The van der Waals surface area contributed by atoms with Crippen molar-refractivity contribution in [3.63, 3.8) is 0 Å². The number of aliphatic hydroxyl groups excluding tert-OH is 1. The summed E-state index contributed by atoms with van der Waals surface area (Å²) in [6.45, 7) is 1.54. The first-order chi connectivity index (χ1) is 7.63. The van der Waals surface area contributed by atoms with E-state index in [1.807, 2.05) is 0 Å². The van der Waals surface area contributed by atoms with Crippen LogP contribution in [0.2, 0.25) is 0 Å². The number of aromatic nitrogens is 1. The number of hydrogen-bond acceptors (Lipinski definition) is 4. The molecule has 0 atom stereocenters. The highest BCUT2D eigenvalue weighted by atomic mass is 16.4. The van der Waals surface area contributed by atoms with Gasteiger partial charge < -0.3 is 15.1 Å². The maximum Gasteiger partial charge on any atom is 0.336 e. The van der Waals surface area contributed by atoms with Crippen LogP contribution in [0, 0.1) is 0 Å². The first-order valence-corrected chi connectivity index (χ1v) is 4.97. The number of nitrogens with zero attached hydrogens (tertiary/aromatic N) is 2. The molecule has 0 radical (unpaired) electrons. The van der Waals surface area contributed by atoms with Crippen molar-refractivity contribution in [1.82, 2.24) is 4.57 Å². The minimum absolute atomic E-state index is 0.0129. The van der Waals surface area contributed by atoms with Gasteiger partial charge in [0.05, 0.1) is 12.2 Å². The summed E-state index contributed by atoms with van der Waals surface area (Å²) in [5.41, 5.74) is -0.323. The van der Waals surface area contributed by atoms with Crippen LogP contribution in [0.4, 0.5) is 5.82 Å². The quantitative estimate of drug-likeness (QED) is 0.713. The SMILES string of the molecule is O=C(O)c1cc2n(c(=O)c1)CCN2CCO. The Hall–Kier alpha value is -1.82. The molecule has 0 spiro atoms. The average molecular weight is 224 g/mol. The number of carbonyl (C=O) groups is 1. The molecule has 0 aliphatic carbocycles. The minimum atomic E-state index is -1.11. The molecule has 1 aromatic heterocycles. The Morgan fingerprint density at radius 2 is 2.12 bits per heavy atom. The number of pyridine rings is 1. The van der Waals surface area contributed by atoms with Gasteiger partial charge in [-0.3, -0.25) is 9.36 Å². The lowest BCUT2D eigenvalue weighted by atomic mass is 10.2. The fourth-order valence-corrected chi connectivity index (χ4v) is 1.88. The number of carboxylic acids is 1. The highest BCUT2D eigenvalue weighted by molar-refractivity contribution is 5.88. The maximum absolute atomic E-state index is 11.6. The van der Waals surface area contributed by atoms with Crippen LogP contribution in [0.25, 0.3) is 0 Å². The van der Waals surface area contributed by atoms with E-state index >= 15 is 0 Å². The average Bonchev–Trinajstić information content (AvgIpc) is 2.63. The van der Waals surface area contributed by atoms with Crippen LogP contribution in [0.1, 0.15) is 10.4 Å². The molecular weight excluding hydrogens is 212 g/mol. The molecule has 0 saturated carbocycles. The number of fused-ring (bicyclic) bond motifs is 1. The monoisotopic (exact) mass is 224 g/mol. The topological polar surface area (TPSA) is 82.8 Å². The summed E-state index contributed by atoms with van der Waals surface area (Å²) in [7, 11) is 0. The summed E-state index contributed by atoms with van der Waals surface area (Å²) in [6, 6.07) is 2.58. The number of anilines is 1. The fourth-order valence-electron chi connectivity index (χ4n) is 1.88. The van der Waals surface area contributed by atoms with Crippen molar-refractivity contribution in [2.24, 2.45) is 0 Å². The van der Waals surface area contributed by atoms with Crippen molar-refractivity contribution in [2.75, 3.05) is 24.6 Å². The third kappa shape index (κ3) is 1.67. The Morgan fingerprint density at radius 1 is 1.38 bits per heavy atom. The smallest absolute Gasteiger partial charge is 0.336 e. The number of hydrogen-bond donors (Lipinski definition) is 2. The van der Waals surface area contributed by atoms with E-state index < -0.39 is 5.97 Å². The molecule has 0 unspecified atom stereocenters. The van der Waals surface area contributed by atoms with Crippen molar-refractivity contribution in [1.29, 1.82) is 0 Å². The van der Waals surface area contributed by atoms with Gasteiger partial charge in [0.2, 0.25) is 0 Å². The molecule has 1 aromatic rings. The van der Waals surface area contributed by atoms with Crippen molar-refractivity contribution in [3.8, 4) is 0 Å². The summed E-state index contributed by atoms with van der Waals surface area (Å²) in [5.74, 6) is -0.546. The van der Waals surface area contributed by atoms with Crippen LogP contribution in [0.5, 0.6) is 0 Å². The molecule has 2 N–H and O–H groups in total. The zero-order valence-electron chi connectivity index (χ0n) is 8.59. The Morgan fingerprint density at radius 3 is 2.75 bits per heavy atom. The van der Waals surface area contributed by atoms with Gasteiger partial charge >= 0.3 is 5.97 Å². The second kappa shape index (κ2) is 3.97. The van der Waals surface area contributed by atoms with Crippen molar-refractivity contribution in [2.45, 2.75) is 6.54 Å². The lowest BCUT2D eigenvalue weighted by Crippen LogP contribution is -2.25. The molecule has 6 heteroatoms. The van der Waals surface area contributed by atoms with Crippen LogP contribution < -0.4 is 10.5 Å². The lowest BCUT2D eigenvalue weighted by Gasteiger charge is -2.16. The van der Waals surface area contributed by atoms with Gasteiger partial charge in [-0.15, -0.1) is 0 Å². The molecule has 16 heavy (non-hydrogen) atoms. The number of aromatic carboxylic acids is 1. The van der Waals surface area contributed by atoms with Crippen LogP contribution in [0.15, 0.2) is 16.9 Å². The molecule has 0 aromatic carbocycles. The summed E-state index contributed by atoms with van der Waals surface area (Å²) in [4.78, 5) is 24.2. The largest absolute Gasteiger partial charge is 0.478 e. The highest BCUT2D eigenvalue weighted by Gasteiger charge is 2.21. The van der Waals surface area contributed by atoms with Crippen LogP contribution >= 0.6 is 0 Å². The Labute approximate surface area is 91.4 Å². The predicted octanol–water partition coefficient (Wildman–Crippen LogP) is -0.641. The normalized spacial score (nSPS) is 13.9. The molecule has 2 heterocycles. The standard InChI is InChI=1S/C10H12N2O4/c13-4-3-11-1-2-12-8(11)5-7(10(15)16)6-9(12)14/h5-6,13H,1-4H2,(H,15,16). The minimum Gasteiger partial charge on any atom is -0.478 e. The Bertz CT molecular complexity index is 480. The van der Waals surface area contributed by atoms with E-state index in [0.29, 0.717) is 25.5 Å². The lowest BCUT2D eigenvalue weighted by molar-refractivity contribution is 0.0696. The summed E-state index contributed by atoms with van der Waals surface area (Å²) < 4.78 is 1.52. The maximum atomic E-state index is 11.6. The van der Waals surface area contributed by atoms with E-state index in [1.165, 1.54) is 10.6 Å². The van der Waals surface area contributed by atoms with Gasteiger partial charge in [-0.2, -0.15) is 0 Å². The van der Waals surface area contributed by atoms with Crippen molar-refractivity contribution in [3.05, 3.63) is 28.0 Å². The molecule has 6 nitrogen and oxygen atoms in total. The van der Waals surface area contributed by atoms with E-state index in [9.17, 15) is 9.59 Å². The van der Waals surface area contributed by atoms with Crippen molar-refractivity contribution < 1.29 is 15.0 Å². The van der Waals surface area contributed by atoms with Crippen LogP contribution in [-0.4, -0.2) is 40.4 Å². The van der Waals surface area contributed by atoms with Gasteiger partial charge in [0.25, 0.3) is 5.56 Å². The molecule has 0 saturated heterocycles. The molecular formula is C10H12N2O4. The number of rotatable bonds is 3. The molecule has 0 bridgehead atoms. The summed E-state index contributed by atoms with van der Waals surface area (Å²) in [6.07, 6.45) is 0. The number of carboxylic acid groups (broad SMARTS) is 1. The van der Waals surface area contributed by atoms with Crippen LogP contribution in [0.3, 0.4) is 0 Å². The molecule has 0 amide bonds. The van der Waals surface area contributed by atoms with E-state index in [0.717, 1.165) is 6.07 Å². The summed E-state index contributed by atoms with van der Waals surface area (Å²) >= 11 is 0. The number of β-amino-alcohol motifs (C(OH)–C–C–N with tert-alkyl or cyclic N) is 1.